The van der Waals surface area contributed by atoms with Gasteiger partial charge in [0, 0.05) is 16.6 Å². The van der Waals surface area contributed by atoms with E-state index in [9.17, 15) is 4.39 Å². The number of benzene rings is 1. The molecule has 0 aliphatic heterocycles. The number of ether oxygens (including phenoxy) is 1. The van der Waals surface area contributed by atoms with E-state index in [0.717, 1.165) is 5.69 Å². The third-order valence-corrected chi connectivity index (χ3v) is 3.95. The lowest BCUT2D eigenvalue weighted by atomic mass is 10.0. The number of thiophene rings is 1. The Morgan fingerprint density at radius 2 is 2.05 bits per heavy atom. The zero-order valence-electron chi connectivity index (χ0n) is 11.3. The van der Waals surface area contributed by atoms with Crippen LogP contribution in [0.3, 0.4) is 0 Å². The van der Waals surface area contributed by atoms with Crippen LogP contribution in [0, 0.1) is 11.7 Å². The molecule has 1 aromatic heterocycles. The largest absolute Gasteiger partial charge is 0.494 e. The molecule has 0 amide bonds. The van der Waals surface area contributed by atoms with Gasteiger partial charge in [0.25, 0.3) is 0 Å². The van der Waals surface area contributed by atoms with E-state index in [2.05, 4.69) is 30.6 Å². The molecule has 1 N–H and O–H groups in total. The quantitative estimate of drug-likeness (QED) is 0.856. The van der Waals surface area contributed by atoms with Crippen LogP contribution in [0.5, 0.6) is 5.75 Å². The van der Waals surface area contributed by atoms with Gasteiger partial charge in [-0.15, -0.1) is 11.3 Å². The first-order chi connectivity index (χ1) is 9.11. The Bertz CT molecular complexity index is 525. The summed E-state index contributed by atoms with van der Waals surface area (Å²) >= 11 is 1.72. The number of halogens is 1. The van der Waals surface area contributed by atoms with Gasteiger partial charge in [0.2, 0.25) is 0 Å². The van der Waals surface area contributed by atoms with Crippen LogP contribution in [0.1, 0.15) is 24.8 Å². The zero-order valence-corrected chi connectivity index (χ0v) is 12.1. The van der Waals surface area contributed by atoms with Crippen LogP contribution in [-0.2, 0) is 0 Å². The molecular formula is C15H18FNOS. The Balaban J connectivity index is 2.22. The maximum Gasteiger partial charge on any atom is 0.165 e. The first-order valence-corrected chi connectivity index (χ1v) is 7.13. The first-order valence-electron chi connectivity index (χ1n) is 6.25. The van der Waals surface area contributed by atoms with Gasteiger partial charge in [0.05, 0.1) is 13.2 Å². The number of rotatable bonds is 5. The summed E-state index contributed by atoms with van der Waals surface area (Å²) in [4.78, 5) is 1.28. The lowest BCUT2D eigenvalue weighted by Gasteiger charge is -2.22. The summed E-state index contributed by atoms with van der Waals surface area (Å²) in [5.41, 5.74) is 0.866. The molecule has 102 valence electrons. The molecule has 0 aliphatic carbocycles. The Hall–Kier alpha value is -1.55. The molecule has 19 heavy (non-hydrogen) atoms. The van der Waals surface area contributed by atoms with Gasteiger partial charge in [0.1, 0.15) is 0 Å². The highest BCUT2D eigenvalue weighted by Crippen LogP contribution is 2.31. The highest BCUT2D eigenvalue weighted by Gasteiger charge is 2.17. The number of anilines is 1. The molecule has 2 nitrogen and oxygen atoms in total. The molecule has 0 saturated carbocycles. The second-order valence-corrected chi connectivity index (χ2v) is 5.71. The van der Waals surface area contributed by atoms with Crippen molar-refractivity contribution < 1.29 is 9.13 Å². The van der Waals surface area contributed by atoms with Crippen LogP contribution in [-0.4, -0.2) is 7.11 Å². The van der Waals surface area contributed by atoms with Gasteiger partial charge in [-0.25, -0.2) is 4.39 Å². The summed E-state index contributed by atoms with van der Waals surface area (Å²) in [6, 6.07) is 9.23. The van der Waals surface area contributed by atoms with Crippen molar-refractivity contribution in [2.24, 2.45) is 5.92 Å². The van der Waals surface area contributed by atoms with Gasteiger partial charge in [0.15, 0.2) is 11.6 Å². The van der Waals surface area contributed by atoms with Crippen molar-refractivity contribution in [3.8, 4) is 5.75 Å². The molecule has 0 aliphatic rings. The predicted octanol–water partition coefficient (Wildman–Crippen LogP) is 4.71. The van der Waals surface area contributed by atoms with Gasteiger partial charge in [-0.1, -0.05) is 19.9 Å². The SMILES string of the molecule is COc1cc(NC(c2cccs2)C(C)C)ccc1F. The van der Waals surface area contributed by atoms with Gasteiger partial charge in [-0.3, -0.25) is 0 Å². The summed E-state index contributed by atoms with van der Waals surface area (Å²) in [6.45, 7) is 4.33. The Labute approximate surface area is 117 Å². The van der Waals surface area contributed by atoms with E-state index in [-0.39, 0.29) is 17.6 Å². The standard InChI is InChI=1S/C15H18FNOS/c1-10(2)15(14-5-4-8-19-14)17-11-6-7-12(16)13(9-11)18-3/h4-10,15,17H,1-3H3. The van der Waals surface area contributed by atoms with Crippen molar-refractivity contribution in [1.82, 2.24) is 0 Å². The van der Waals surface area contributed by atoms with Crippen LogP contribution >= 0.6 is 11.3 Å². The maximum absolute atomic E-state index is 13.4. The van der Waals surface area contributed by atoms with Crippen LogP contribution in [0.4, 0.5) is 10.1 Å². The Morgan fingerprint density at radius 3 is 2.63 bits per heavy atom. The lowest BCUT2D eigenvalue weighted by molar-refractivity contribution is 0.386. The third kappa shape index (κ3) is 3.26. The minimum atomic E-state index is -0.342. The van der Waals surface area contributed by atoms with Gasteiger partial charge in [-0.2, -0.15) is 0 Å². The van der Waals surface area contributed by atoms with Crippen molar-refractivity contribution in [2.45, 2.75) is 19.9 Å². The smallest absolute Gasteiger partial charge is 0.165 e. The van der Waals surface area contributed by atoms with Crippen molar-refractivity contribution >= 4 is 17.0 Å². The second-order valence-electron chi connectivity index (χ2n) is 4.73. The summed E-state index contributed by atoms with van der Waals surface area (Å²) in [7, 11) is 1.47. The van der Waals surface area contributed by atoms with Crippen LogP contribution in [0.15, 0.2) is 35.7 Å². The topological polar surface area (TPSA) is 21.3 Å². The molecule has 2 rings (SSSR count). The van der Waals surface area contributed by atoms with Crippen LogP contribution in [0.25, 0.3) is 0 Å². The van der Waals surface area contributed by atoms with Gasteiger partial charge >= 0.3 is 0 Å². The van der Waals surface area contributed by atoms with Crippen LogP contribution in [0.2, 0.25) is 0 Å². The highest BCUT2D eigenvalue weighted by molar-refractivity contribution is 7.10. The molecule has 1 heterocycles. The summed E-state index contributed by atoms with van der Waals surface area (Å²) in [5, 5.41) is 5.51. The maximum atomic E-state index is 13.4. The minimum Gasteiger partial charge on any atom is -0.494 e. The zero-order chi connectivity index (χ0) is 13.8. The van der Waals surface area contributed by atoms with E-state index >= 15 is 0 Å². The molecule has 1 atom stereocenters. The average molecular weight is 279 g/mol. The first kappa shape index (κ1) is 13.9. The molecule has 2 aromatic rings. The fourth-order valence-electron chi connectivity index (χ4n) is 1.96. The van der Waals surface area contributed by atoms with Crippen molar-refractivity contribution in [1.29, 1.82) is 0 Å². The molecule has 0 fully saturated rings. The van der Waals surface area contributed by atoms with E-state index in [0.29, 0.717) is 5.92 Å². The predicted molar refractivity (Wildman–Crippen MR) is 78.5 cm³/mol. The molecule has 0 bridgehead atoms. The Morgan fingerprint density at radius 1 is 1.26 bits per heavy atom. The molecule has 4 heteroatoms. The normalized spacial score (nSPS) is 12.5. The second kappa shape index (κ2) is 6.06. The highest BCUT2D eigenvalue weighted by atomic mass is 32.1. The van der Waals surface area contributed by atoms with E-state index < -0.39 is 0 Å². The minimum absolute atomic E-state index is 0.218. The summed E-state index contributed by atoms with van der Waals surface area (Å²) in [5.74, 6) is 0.360. The number of hydrogen-bond donors (Lipinski definition) is 1. The molecule has 0 spiro atoms. The monoisotopic (exact) mass is 279 g/mol. The average Bonchev–Trinajstić information content (AvgIpc) is 2.91. The molecule has 1 aromatic carbocycles. The number of methoxy groups -OCH3 is 1. The fourth-order valence-corrected chi connectivity index (χ4v) is 2.91. The van der Waals surface area contributed by atoms with Crippen LogP contribution < -0.4 is 10.1 Å². The molecule has 0 saturated heterocycles. The lowest BCUT2D eigenvalue weighted by Crippen LogP contribution is -2.15. The van der Waals surface area contributed by atoms with E-state index in [1.54, 1.807) is 23.5 Å². The number of nitrogens with one attached hydrogen (secondary N) is 1. The van der Waals surface area contributed by atoms with E-state index in [1.165, 1.54) is 18.1 Å². The summed E-state index contributed by atoms with van der Waals surface area (Å²) < 4.78 is 18.4. The molecular weight excluding hydrogens is 261 g/mol. The molecule has 1 unspecified atom stereocenters. The van der Waals surface area contributed by atoms with E-state index in [1.807, 2.05) is 6.07 Å². The van der Waals surface area contributed by atoms with Gasteiger partial charge < -0.3 is 10.1 Å². The third-order valence-electron chi connectivity index (χ3n) is 2.99. The Kier molecular flexibility index (Phi) is 4.43. The number of hydrogen-bond acceptors (Lipinski definition) is 3. The van der Waals surface area contributed by atoms with E-state index in [4.69, 9.17) is 4.74 Å². The van der Waals surface area contributed by atoms with Gasteiger partial charge in [-0.05, 0) is 29.5 Å². The summed E-state index contributed by atoms with van der Waals surface area (Å²) in [6.07, 6.45) is 0. The van der Waals surface area contributed by atoms with Crippen molar-refractivity contribution in [3.05, 3.63) is 46.4 Å². The van der Waals surface area contributed by atoms with Crippen molar-refractivity contribution in [3.63, 3.8) is 0 Å². The fraction of sp³-hybridized carbons (Fsp3) is 0.333. The molecule has 0 radical (unpaired) electrons. The van der Waals surface area contributed by atoms with Crippen molar-refractivity contribution in [2.75, 3.05) is 12.4 Å².